The molecular weight excluding hydrogens is 76.3 g/mol. The number of hydrogen-bond acceptors (Lipinski definition) is 1. The molecule has 0 spiro atoms. The summed E-state index contributed by atoms with van der Waals surface area (Å²) < 4.78 is 8.28. The van der Waals surface area contributed by atoms with E-state index in [0.29, 0.717) is 16.2 Å². The van der Waals surface area contributed by atoms with E-state index in [9.17, 15) is 0 Å². The summed E-state index contributed by atoms with van der Waals surface area (Å²) in [6.45, 7) is 0. The molecule has 0 rings (SSSR count). The van der Waals surface area contributed by atoms with Crippen LogP contribution in [0.3, 0.4) is 0 Å². The Labute approximate surface area is 59.1 Å². The van der Waals surface area contributed by atoms with E-state index < -0.39 is 0 Å². The molecule has 0 saturated heterocycles. The number of hydrogen-bond donors (Lipinski definition) is 0. The molecule has 4 heavy (non-hydrogen) atoms. The average Bonchev–Trinajstić information content (AvgIpc) is 1.00. The zero-order chi connectivity index (χ0) is 2.00. The van der Waals surface area contributed by atoms with Crippen molar-refractivity contribution >= 4 is 49.4 Å². The minimum atomic E-state index is 0. The SMILES string of the molecule is [Be+2].[H-].[H-].[H-].[H-].[Mg+2].[O]=[AlH]. The molecule has 0 atom stereocenters. The van der Waals surface area contributed by atoms with Gasteiger partial charge in [-0.3, -0.25) is 0 Å². The Morgan fingerprint density at radius 2 is 1.50 bits per heavy atom. The second-order valence-electron chi connectivity index (χ2n) is 0. The van der Waals surface area contributed by atoms with Crippen molar-refractivity contribution in [3.05, 3.63) is 0 Å². The van der Waals surface area contributed by atoms with Gasteiger partial charge in [0.15, 0.2) is 0 Å². The molecule has 1 nitrogen and oxygen atoms in total. The van der Waals surface area contributed by atoms with Crippen molar-refractivity contribution in [3.8, 4) is 0 Å². The molecular formula is H5AlBeMgO. The summed E-state index contributed by atoms with van der Waals surface area (Å²) in [6, 6.07) is 0. The summed E-state index contributed by atoms with van der Waals surface area (Å²) in [4.78, 5) is 0. The normalized spacial score (nSPS) is 0.750. The van der Waals surface area contributed by atoms with Crippen LogP contribution in [-0.4, -0.2) is 49.4 Å². The third kappa shape index (κ3) is 10.5. The van der Waals surface area contributed by atoms with Crippen LogP contribution in [0.15, 0.2) is 0 Å². The Hall–Kier alpha value is 1.27. The molecule has 0 aromatic rings. The molecule has 0 N–H and O–H groups in total. The molecule has 0 aliphatic carbocycles. The van der Waals surface area contributed by atoms with Gasteiger partial charge in [-0.1, -0.05) is 0 Å². The molecule has 0 fully saturated rings. The Balaban J connectivity index is -0.000000000333. The molecule has 0 radical (unpaired) electrons. The van der Waals surface area contributed by atoms with E-state index in [1.165, 1.54) is 0 Å². The van der Waals surface area contributed by atoms with E-state index in [4.69, 9.17) is 3.80 Å². The zero-order valence-corrected chi connectivity index (χ0v) is 5.36. The van der Waals surface area contributed by atoms with E-state index in [2.05, 4.69) is 0 Å². The summed E-state index contributed by atoms with van der Waals surface area (Å²) in [7, 11) is 0. The molecule has 0 amide bonds. The molecule has 0 saturated carbocycles. The predicted molar refractivity (Wildman–Crippen MR) is 23.8 cm³/mol. The summed E-state index contributed by atoms with van der Waals surface area (Å²) >= 11 is 0.611. The van der Waals surface area contributed by atoms with Gasteiger partial charge in [-0.2, -0.15) is 0 Å². The summed E-state index contributed by atoms with van der Waals surface area (Å²) in [5, 5.41) is 0. The van der Waals surface area contributed by atoms with Crippen molar-refractivity contribution < 1.29 is 9.51 Å². The second-order valence-corrected chi connectivity index (χ2v) is 0. The van der Waals surface area contributed by atoms with Crippen LogP contribution in [0.25, 0.3) is 0 Å². The van der Waals surface area contributed by atoms with Gasteiger partial charge in [0.1, 0.15) is 0 Å². The van der Waals surface area contributed by atoms with Crippen molar-refractivity contribution in [2.24, 2.45) is 0 Å². The van der Waals surface area contributed by atoms with Crippen LogP contribution in [-0.2, 0) is 3.80 Å². The van der Waals surface area contributed by atoms with E-state index in [1.807, 2.05) is 0 Å². The molecule has 0 aromatic carbocycles. The van der Waals surface area contributed by atoms with Gasteiger partial charge in [-0.15, -0.1) is 0 Å². The fourth-order valence-electron chi connectivity index (χ4n) is 0. The van der Waals surface area contributed by atoms with Crippen LogP contribution in [0.1, 0.15) is 5.71 Å². The maximum atomic E-state index is 8.28. The van der Waals surface area contributed by atoms with Crippen molar-refractivity contribution in [1.82, 2.24) is 0 Å². The quantitative estimate of drug-likeness (QED) is 0.339. The molecule has 0 aromatic heterocycles. The van der Waals surface area contributed by atoms with Crippen molar-refractivity contribution in [1.29, 1.82) is 0 Å². The van der Waals surface area contributed by atoms with Crippen LogP contribution in [0.4, 0.5) is 0 Å². The second kappa shape index (κ2) is 28.4. The standard InChI is InChI=1S/Al.Be.Mg.O.5H/q;2*+2;;;4*-1. The molecule has 0 unspecified atom stereocenters. The summed E-state index contributed by atoms with van der Waals surface area (Å²) in [6.07, 6.45) is 0. The minimum absolute atomic E-state index is 0. The first-order valence-corrected chi connectivity index (χ1v) is 0.866. The van der Waals surface area contributed by atoms with Gasteiger partial charge in [-0.05, 0) is 0 Å². The van der Waals surface area contributed by atoms with E-state index in [0.717, 1.165) is 0 Å². The zero-order valence-electron chi connectivity index (χ0n) is 6.53. The Bertz CT molecular complexity index is 16.0. The first-order valence-electron chi connectivity index (χ1n) is 0.289. The summed E-state index contributed by atoms with van der Waals surface area (Å²) in [5.74, 6) is 0. The summed E-state index contributed by atoms with van der Waals surface area (Å²) in [5.41, 5.74) is 0. The Morgan fingerprint density at radius 1 is 1.50 bits per heavy atom. The number of rotatable bonds is 0. The van der Waals surface area contributed by atoms with Crippen LogP contribution in [0.5, 0.6) is 0 Å². The third-order valence-electron chi connectivity index (χ3n) is 0. The van der Waals surface area contributed by atoms with Gasteiger partial charge in [0.05, 0.1) is 0 Å². The first kappa shape index (κ1) is 18.7. The molecule has 0 bridgehead atoms. The van der Waals surface area contributed by atoms with Crippen LogP contribution >= 0.6 is 0 Å². The van der Waals surface area contributed by atoms with Gasteiger partial charge in [0.2, 0.25) is 0 Å². The van der Waals surface area contributed by atoms with Gasteiger partial charge < -0.3 is 5.71 Å². The van der Waals surface area contributed by atoms with Gasteiger partial charge in [0, 0.05) is 0 Å². The monoisotopic (exact) mass is 81.0 g/mol. The predicted octanol–water partition coefficient (Wildman–Crippen LogP) is -1.08. The van der Waals surface area contributed by atoms with Crippen LogP contribution in [0, 0.1) is 0 Å². The van der Waals surface area contributed by atoms with E-state index in [-0.39, 0.29) is 38.9 Å². The molecule has 0 heterocycles. The van der Waals surface area contributed by atoms with Crippen LogP contribution < -0.4 is 0 Å². The van der Waals surface area contributed by atoms with Crippen molar-refractivity contribution in [2.45, 2.75) is 0 Å². The third-order valence-corrected chi connectivity index (χ3v) is 0. The van der Waals surface area contributed by atoms with E-state index in [1.54, 1.807) is 0 Å². The van der Waals surface area contributed by atoms with E-state index >= 15 is 0 Å². The fourth-order valence-corrected chi connectivity index (χ4v) is 0. The molecule has 18 valence electrons. The van der Waals surface area contributed by atoms with Gasteiger partial charge in [0.25, 0.3) is 0 Å². The maximum absolute atomic E-state index is 8.28. The average molecular weight is 81.3 g/mol. The van der Waals surface area contributed by atoms with Crippen LogP contribution in [0.2, 0.25) is 0 Å². The Kier molecular flexibility index (Phi) is 132. The topological polar surface area (TPSA) is 17.1 Å². The van der Waals surface area contributed by atoms with Gasteiger partial charge in [-0.25, -0.2) is 0 Å². The Morgan fingerprint density at radius 3 is 1.50 bits per heavy atom. The van der Waals surface area contributed by atoms with Crippen molar-refractivity contribution in [3.63, 3.8) is 0 Å². The van der Waals surface area contributed by atoms with Gasteiger partial charge >= 0.3 is 53.2 Å². The fraction of sp³-hybridized carbons (Fsp3) is 0. The molecule has 0 aliphatic rings. The van der Waals surface area contributed by atoms with Crippen molar-refractivity contribution in [2.75, 3.05) is 0 Å². The first-order chi connectivity index (χ1) is 1.00. The molecule has 4 heteroatoms. The molecule has 0 aliphatic heterocycles.